The molecule has 15 nitrogen and oxygen atoms in total. The number of hydrogen-bond donors (Lipinski definition) is 4. The van der Waals surface area contributed by atoms with Crippen molar-refractivity contribution in [3.63, 3.8) is 0 Å². The van der Waals surface area contributed by atoms with Crippen molar-refractivity contribution in [3.8, 4) is 0 Å². The monoisotopic (exact) mass is 814 g/mol. The molecular formula is C41H58N4O11S. The van der Waals surface area contributed by atoms with Gasteiger partial charge >= 0.3 is 18.0 Å². The van der Waals surface area contributed by atoms with E-state index in [1.165, 1.54) is 19.9 Å². The van der Waals surface area contributed by atoms with E-state index < -0.39 is 105 Å². The minimum Gasteiger partial charge on any atom is -0.460 e. The lowest BCUT2D eigenvalue weighted by Gasteiger charge is -2.28. The molecule has 0 saturated heterocycles. The van der Waals surface area contributed by atoms with Crippen molar-refractivity contribution < 1.29 is 51.4 Å². The Bertz CT molecular complexity index is 1820. The van der Waals surface area contributed by atoms with Crippen LogP contribution >= 0.6 is 0 Å². The number of nitrogens with one attached hydrogen (secondary N) is 4. The standard InChI is InChI=1S/C41H58N4O11S/c1-26(2)34(37(49)42-30(21-22-57(52,53)27(3)4)23-32(46)55-40(5,6)7)44-38(50)35(29-19-15-12-16-20-29)45-36(48)31(24-33(47)56-41(8,9)10)43-39(51)54-25-28-17-13-11-14-18-28/h11-22,26-27,30-31,34-35H,23-25H2,1-10H3,(H,42,49)(H,43,51)(H,44,50)(H,45,48)/b22-21+/t30-,31+,34+,35+/m1/s1. The molecule has 57 heavy (non-hydrogen) atoms. The number of amides is 4. The van der Waals surface area contributed by atoms with E-state index in [2.05, 4.69) is 21.3 Å². The second kappa shape index (κ2) is 21.3. The second-order valence-corrected chi connectivity index (χ2v) is 18.4. The molecular weight excluding hydrogens is 757 g/mol. The molecule has 0 saturated carbocycles. The molecule has 0 radical (unpaired) electrons. The highest BCUT2D eigenvalue weighted by Gasteiger charge is 2.34. The summed E-state index contributed by atoms with van der Waals surface area (Å²) >= 11 is 0. The molecule has 0 aromatic heterocycles. The van der Waals surface area contributed by atoms with Gasteiger partial charge < -0.3 is 35.5 Å². The van der Waals surface area contributed by atoms with Gasteiger partial charge in [0.25, 0.3) is 0 Å². The van der Waals surface area contributed by atoms with E-state index in [1.54, 1.807) is 116 Å². The van der Waals surface area contributed by atoms with Crippen LogP contribution in [0.2, 0.25) is 0 Å². The van der Waals surface area contributed by atoms with Crippen molar-refractivity contribution in [2.75, 3.05) is 0 Å². The third-order valence-corrected chi connectivity index (χ3v) is 9.68. The molecule has 2 aromatic carbocycles. The van der Waals surface area contributed by atoms with E-state index in [4.69, 9.17) is 14.2 Å². The molecule has 0 unspecified atom stereocenters. The Balaban J connectivity index is 2.40. The number of ether oxygens (including phenoxy) is 3. The van der Waals surface area contributed by atoms with Crippen LogP contribution in [0.3, 0.4) is 0 Å². The minimum absolute atomic E-state index is 0.122. The quantitative estimate of drug-likeness (QED) is 0.121. The number of benzene rings is 2. The van der Waals surface area contributed by atoms with Crippen LogP contribution in [-0.2, 0) is 54.6 Å². The number of rotatable bonds is 18. The van der Waals surface area contributed by atoms with E-state index in [1.807, 2.05) is 0 Å². The molecule has 16 heteroatoms. The predicted octanol–water partition coefficient (Wildman–Crippen LogP) is 4.57. The lowest BCUT2D eigenvalue weighted by molar-refractivity contribution is -0.157. The third kappa shape index (κ3) is 18.0. The van der Waals surface area contributed by atoms with Gasteiger partial charge in [0.2, 0.25) is 17.7 Å². The van der Waals surface area contributed by atoms with Gasteiger partial charge in [-0.15, -0.1) is 0 Å². The maximum atomic E-state index is 14.1. The first-order chi connectivity index (χ1) is 26.4. The molecule has 0 heterocycles. The van der Waals surface area contributed by atoms with Crippen LogP contribution in [0.5, 0.6) is 0 Å². The van der Waals surface area contributed by atoms with Crippen molar-refractivity contribution in [1.82, 2.24) is 21.3 Å². The SMILES string of the molecule is CC(C)[C@H](NC(=O)[C@@H](NC(=O)[C@H](CC(=O)OC(C)(C)C)NC(=O)OCc1ccccc1)c1ccccc1)C(=O)N[C@H](/C=C/S(=O)(=O)C(C)C)CC(=O)OC(C)(C)C. The van der Waals surface area contributed by atoms with Crippen LogP contribution < -0.4 is 21.3 Å². The summed E-state index contributed by atoms with van der Waals surface area (Å²) in [7, 11) is -3.71. The van der Waals surface area contributed by atoms with Crippen LogP contribution in [-0.4, -0.2) is 78.7 Å². The smallest absolute Gasteiger partial charge is 0.408 e. The highest BCUT2D eigenvalue weighted by molar-refractivity contribution is 7.94. The molecule has 0 spiro atoms. The molecule has 0 aliphatic rings. The fourth-order valence-electron chi connectivity index (χ4n) is 4.99. The molecule has 4 amide bonds. The zero-order valence-electron chi connectivity index (χ0n) is 34.4. The van der Waals surface area contributed by atoms with Crippen molar-refractivity contribution >= 4 is 45.6 Å². The van der Waals surface area contributed by atoms with Gasteiger partial charge in [0.15, 0.2) is 9.84 Å². The van der Waals surface area contributed by atoms with E-state index in [-0.39, 0.29) is 6.61 Å². The fraction of sp³-hybridized carbons (Fsp3) is 0.512. The van der Waals surface area contributed by atoms with Crippen LogP contribution in [0.15, 0.2) is 72.1 Å². The number of esters is 2. The van der Waals surface area contributed by atoms with Gasteiger partial charge in [-0.3, -0.25) is 24.0 Å². The summed E-state index contributed by atoms with van der Waals surface area (Å²) in [5, 5.41) is 10.5. The van der Waals surface area contributed by atoms with Crippen molar-refractivity contribution in [2.24, 2.45) is 5.92 Å². The molecule has 4 N–H and O–H groups in total. The maximum Gasteiger partial charge on any atom is 0.408 e. The van der Waals surface area contributed by atoms with Crippen molar-refractivity contribution in [2.45, 2.75) is 129 Å². The molecule has 4 atom stereocenters. The number of sulfone groups is 1. The Morgan fingerprint density at radius 1 is 0.667 bits per heavy atom. The summed E-state index contributed by atoms with van der Waals surface area (Å²) in [5.41, 5.74) is -0.777. The van der Waals surface area contributed by atoms with Crippen molar-refractivity contribution in [1.29, 1.82) is 0 Å². The van der Waals surface area contributed by atoms with Gasteiger partial charge in [-0.1, -0.05) is 80.6 Å². The van der Waals surface area contributed by atoms with Gasteiger partial charge in [-0.2, -0.15) is 0 Å². The molecule has 0 bridgehead atoms. The number of alkyl carbamates (subject to hydrolysis) is 1. The van der Waals surface area contributed by atoms with E-state index in [9.17, 15) is 37.2 Å². The van der Waals surface area contributed by atoms with Gasteiger partial charge in [0.1, 0.15) is 35.9 Å². The molecule has 2 aromatic rings. The Labute approximate surface area is 336 Å². The summed E-state index contributed by atoms with van der Waals surface area (Å²) < 4.78 is 41.2. The normalized spacial score (nSPS) is 14.2. The van der Waals surface area contributed by atoms with E-state index in [0.717, 1.165) is 5.41 Å². The molecule has 0 aliphatic carbocycles. The Morgan fingerprint density at radius 3 is 1.70 bits per heavy atom. The van der Waals surface area contributed by atoms with E-state index in [0.29, 0.717) is 11.1 Å². The van der Waals surface area contributed by atoms with Crippen LogP contribution in [0.1, 0.15) is 99.2 Å². The van der Waals surface area contributed by atoms with Gasteiger partial charge in [0, 0.05) is 5.41 Å². The Kier molecular flexibility index (Phi) is 17.9. The highest BCUT2D eigenvalue weighted by atomic mass is 32.2. The number of hydrogen-bond acceptors (Lipinski definition) is 11. The lowest BCUT2D eigenvalue weighted by atomic mass is 10.00. The van der Waals surface area contributed by atoms with Crippen molar-refractivity contribution in [3.05, 3.63) is 83.3 Å². The Morgan fingerprint density at radius 2 is 1.19 bits per heavy atom. The van der Waals surface area contributed by atoms with Crippen LogP contribution in [0.25, 0.3) is 0 Å². The molecule has 2 rings (SSSR count). The summed E-state index contributed by atoms with van der Waals surface area (Å²) in [4.78, 5) is 80.3. The number of carbonyl (C=O) groups excluding carboxylic acids is 6. The zero-order valence-corrected chi connectivity index (χ0v) is 35.2. The fourth-order valence-corrected chi connectivity index (χ4v) is 5.71. The van der Waals surface area contributed by atoms with Gasteiger partial charge in [0.05, 0.1) is 24.1 Å². The summed E-state index contributed by atoms with van der Waals surface area (Å²) in [6.07, 6.45) is -0.834. The average Bonchev–Trinajstić information content (AvgIpc) is 3.09. The first-order valence-corrected chi connectivity index (χ1v) is 20.3. The maximum absolute atomic E-state index is 14.1. The average molecular weight is 815 g/mol. The van der Waals surface area contributed by atoms with Gasteiger partial charge in [-0.25, -0.2) is 13.2 Å². The highest BCUT2D eigenvalue weighted by Crippen LogP contribution is 2.17. The summed E-state index contributed by atoms with van der Waals surface area (Å²) in [6, 6.07) is 11.5. The molecule has 0 aliphatic heterocycles. The zero-order chi connectivity index (χ0) is 43.1. The number of carbonyl (C=O) groups is 6. The van der Waals surface area contributed by atoms with Gasteiger partial charge in [-0.05, 0) is 72.4 Å². The van der Waals surface area contributed by atoms with Crippen LogP contribution in [0.4, 0.5) is 4.79 Å². The Hall–Kier alpha value is -5.25. The largest absolute Gasteiger partial charge is 0.460 e. The van der Waals surface area contributed by atoms with E-state index >= 15 is 0 Å². The first kappa shape index (κ1) is 47.9. The topological polar surface area (TPSA) is 212 Å². The lowest BCUT2D eigenvalue weighted by Crippen LogP contribution is -2.56. The molecule has 314 valence electrons. The second-order valence-electron chi connectivity index (χ2n) is 16.0. The first-order valence-electron chi connectivity index (χ1n) is 18.7. The molecule has 0 fully saturated rings. The summed E-state index contributed by atoms with van der Waals surface area (Å²) in [6.45, 7) is 16.1. The predicted molar refractivity (Wildman–Crippen MR) is 214 cm³/mol. The summed E-state index contributed by atoms with van der Waals surface area (Å²) in [5.74, 6) is -4.56. The van der Waals surface area contributed by atoms with Crippen LogP contribution in [0, 0.1) is 5.92 Å². The third-order valence-electron chi connectivity index (χ3n) is 7.83. The minimum atomic E-state index is -3.71.